The van der Waals surface area contributed by atoms with Gasteiger partial charge >= 0.3 is 0 Å². The Bertz CT molecular complexity index is 507. The average Bonchev–Trinajstić information content (AvgIpc) is 2.82. The molecule has 6 nitrogen and oxygen atoms in total. The summed E-state index contributed by atoms with van der Waals surface area (Å²) >= 11 is 0. The fourth-order valence-corrected chi connectivity index (χ4v) is 2.01. The van der Waals surface area contributed by atoms with Crippen LogP contribution < -0.4 is 11.3 Å². The van der Waals surface area contributed by atoms with E-state index in [1.165, 1.54) is 0 Å². The molecule has 1 unspecified atom stereocenters. The normalized spacial score (nSPS) is 12.6. The lowest BCUT2D eigenvalue weighted by Crippen LogP contribution is -2.31. The van der Waals surface area contributed by atoms with Crippen LogP contribution >= 0.6 is 0 Å². The second-order valence-corrected chi connectivity index (χ2v) is 4.16. The lowest BCUT2D eigenvalue weighted by atomic mass is 10.0. The maximum atomic E-state index is 5.68. The third-order valence-corrected chi connectivity index (χ3v) is 2.90. The van der Waals surface area contributed by atoms with Crippen LogP contribution in [0.25, 0.3) is 0 Å². The van der Waals surface area contributed by atoms with Gasteiger partial charge in [0.05, 0.1) is 17.9 Å². The SMILES string of the molecule is CCCn1nncc1C(NN)c1cccnc1C. The Morgan fingerprint density at radius 3 is 3.00 bits per heavy atom. The lowest BCUT2D eigenvalue weighted by Gasteiger charge is -2.18. The van der Waals surface area contributed by atoms with Crippen LogP contribution in [0.3, 0.4) is 0 Å². The molecule has 2 aromatic heterocycles. The minimum atomic E-state index is -0.139. The van der Waals surface area contributed by atoms with E-state index in [2.05, 4.69) is 27.6 Å². The first-order chi connectivity index (χ1) is 8.77. The smallest absolute Gasteiger partial charge is 0.0912 e. The van der Waals surface area contributed by atoms with Crippen molar-refractivity contribution in [1.82, 2.24) is 25.4 Å². The molecule has 2 aromatic rings. The highest BCUT2D eigenvalue weighted by atomic mass is 15.4. The Morgan fingerprint density at radius 2 is 2.33 bits per heavy atom. The fraction of sp³-hybridized carbons (Fsp3) is 0.417. The number of nitrogens with one attached hydrogen (secondary N) is 1. The Hall–Kier alpha value is -1.79. The Labute approximate surface area is 106 Å². The van der Waals surface area contributed by atoms with Gasteiger partial charge in [-0.2, -0.15) is 0 Å². The number of rotatable bonds is 5. The van der Waals surface area contributed by atoms with Crippen molar-refractivity contribution in [3.05, 3.63) is 41.5 Å². The van der Waals surface area contributed by atoms with Gasteiger partial charge in [0.2, 0.25) is 0 Å². The van der Waals surface area contributed by atoms with E-state index >= 15 is 0 Å². The zero-order valence-corrected chi connectivity index (χ0v) is 10.7. The third-order valence-electron chi connectivity index (χ3n) is 2.90. The summed E-state index contributed by atoms with van der Waals surface area (Å²) in [7, 11) is 0. The molecule has 0 radical (unpaired) electrons. The second kappa shape index (κ2) is 5.70. The minimum Gasteiger partial charge on any atom is -0.271 e. The van der Waals surface area contributed by atoms with Crippen molar-refractivity contribution in [2.24, 2.45) is 5.84 Å². The number of pyridine rings is 1. The molecule has 18 heavy (non-hydrogen) atoms. The van der Waals surface area contributed by atoms with Gasteiger partial charge in [-0.05, 0) is 25.0 Å². The molecule has 0 aliphatic rings. The molecular formula is C12H18N6. The summed E-state index contributed by atoms with van der Waals surface area (Å²) in [5.41, 5.74) is 5.76. The van der Waals surface area contributed by atoms with Gasteiger partial charge in [-0.1, -0.05) is 18.2 Å². The lowest BCUT2D eigenvalue weighted by molar-refractivity contribution is 0.510. The summed E-state index contributed by atoms with van der Waals surface area (Å²) in [5.74, 6) is 5.68. The van der Waals surface area contributed by atoms with Gasteiger partial charge in [-0.3, -0.25) is 10.8 Å². The van der Waals surface area contributed by atoms with Crippen LogP contribution in [-0.2, 0) is 6.54 Å². The summed E-state index contributed by atoms with van der Waals surface area (Å²) in [5, 5.41) is 8.04. The average molecular weight is 246 g/mol. The minimum absolute atomic E-state index is 0.139. The van der Waals surface area contributed by atoms with E-state index in [9.17, 15) is 0 Å². The number of nitrogens with two attached hydrogens (primary N) is 1. The molecule has 0 aromatic carbocycles. The van der Waals surface area contributed by atoms with Gasteiger partial charge in [-0.25, -0.2) is 10.1 Å². The molecule has 0 aliphatic carbocycles. The number of aromatic nitrogens is 4. The first-order valence-electron chi connectivity index (χ1n) is 6.04. The standard InChI is InChI=1S/C12H18N6/c1-3-7-18-11(8-15-17-18)12(16-13)10-5-4-6-14-9(10)2/h4-6,8,12,16H,3,7,13H2,1-2H3. The zero-order chi connectivity index (χ0) is 13.0. The molecule has 3 N–H and O–H groups in total. The van der Waals surface area contributed by atoms with Crippen LogP contribution in [0, 0.1) is 6.92 Å². The van der Waals surface area contributed by atoms with Gasteiger partial charge < -0.3 is 0 Å². The monoisotopic (exact) mass is 246 g/mol. The third kappa shape index (κ3) is 2.39. The summed E-state index contributed by atoms with van der Waals surface area (Å²) in [6.07, 6.45) is 4.51. The van der Waals surface area contributed by atoms with E-state index in [1.807, 2.05) is 23.7 Å². The first-order valence-corrected chi connectivity index (χ1v) is 6.04. The van der Waals surface area contributed by atoms with Crippen molar-refractivity contribution in [3.63, 3.8) is 0 Å². The van der Waals surface area contributed by atoms with Crippen LogP contribution in [0.2, 0.25) is 0 Å². The van der Waals surface area contributed by atoms with Crippen LogP contribution in [-0.4, -0.2) is 20.0 Å². The van der Waals surface area contributed by atoms with Crippen molar-refractivity contribution in [2.45, 2.75) is 32.9 Å². The molecule has 1 atom stereocenters. The number of hydrogen-bond acceptors (Lipinski definition) is 5. The maximum Gasteiger partial charge on any atom is 0.0912 e. The Kier molecular flexibility index (Phi) is 4.01. The summed E-state index contributed by atoms with van der Waals surface area (Å²) < 4.78 is 1.87. The molecule has 0 fully saturated rings. The van der Waals surface area contributed by atoms with Gasteiger partial charge in [0.15, 0.2) is 0 Å². The topological polar surface area (TPSA) is 81.7 Å². The molecule has 6 heteroatoms. The van der Waals surface area contributed by atoms with E-state index in [0.717, 1.165) is 29.9 Å². The van der Waals surface area contributed by atoms with Crippen molar-refractivity contribution in [1.29, 1.82) is 0 Å². The van der Waals surface area contributed by atoms with Gasteiger partial charge in [0.25, 0.3) is 0 Å². The van der Waals surface area contributed by atoms with Crippen molar-refractivity contribution in [3.8, 4) is 0 Å². The van der Waals surface area contributed by atoms with E-state index in [-0.39, 0.29) is 6.04 Å². The molecule has 0 aliphatic heterocycles. The first kappa shape index (κ1) is 12.7. The molecule has 0 spiro atoms. The Morgan fingerprint density at radius 1 is 1.50 bits per heavy atom. The highest BCUT2D eigenvalue weighted by Gasteiger charge is 2.19. The molecule has 0 saturated heterocycles. The molecule has 0 bridgehead atoms. The zero-order valence-electron chi connectivity index (χ0n) is 10.7. The van der Waals surface area contributed by atoms with Gasteiger partial charge in [0.1, 0.15) is 0 Å². The molecular weight excluding hydrogens is 228 g/mol. The van der Waals surface area contributed by atoms with Crippen LogP contribution in [0.4, 0.5) is 0 Å². The van der Waals surface area contributed by atoms with Crippen molar-refractivity contribution in [2.75, 3.05) is 0 Å². The van der Waals surface area contributed by atoms with Crippen LogP contribution in [0.15, 0.2) is 24.5 Å². The van der Waals surface area contributed by atoms with E-state index in [4.69, 9.17) is 5.84 Å². The number of nitrogens with zero attached hydrogens (tertiary/aromatic N) is 4. The summed E-state index contributed by atoms with van der Waals surface area (Å²) in [6, 6.07) is 3.77. The Balaban J connectivity index is 2.39. The van der Waals surface area contributed by atoms with Crippen LogP contribution in [0.1, 0.15) is 36.3 Å². The van der Waals surface area contributed by atoms with Crippen LogP contribution in [0.5, 0.6) is 0 Å². The predicted molar refractivity (Wildman–Crippen MR) is 68.5 cm³/mol. The highest BCUT2D eigenvalue weighted by Crippen LogP contribution is 2.22. The molecule has 0 saturated carbocycles. The summed E-state index contributed by atoms with van der Waals surface area (Å²) in [6.45, 7) is 4.89. The van der Waals surface area contributed by atoms with Crippen molar-refractivity contribution < 1.29 is 0 Å². The number of hydrazine groups is 1. The van der Waals surface area contributed by atoms with E-state index in [0.29, 0.717) is 0 Å². The maximum absolute atomic E-state index is 5.68. The van der Waals surface area contributed by atoms with Crippen molar-refractivity contribution >= 4 is 0 Å². The summed E-state index contributed by atoms with van der Waals surface area (Å²) in [4.78, 5) is 4.29. The number of aryl methyl sites for hydroxylation is 2. The molecule has 0 amide bonds. The van der Waals surface area contributed by atoms with Gasteiger partial charge in [0, 0.05) is 18.4 Å². The fourth-order valence-electron chi connectivity index (χ4n) is 2.01. The second-order valence-electron chi connectivity index (χ2n) is 4.16. The highest BCUT2D eigenvalue weighted by molar-refractivity contribution is 5.29. The largest absolute Gasteiger partial charge is 0.271 e. The van der Waals surface area contributed by atoms with Gasteiger partial charge in [-0.15, -0.1) is 5.10 Å². The predicted octanol–water partition coefficient (Wildman–Crippen LogP) is 0.944. The molecule has 2 heterocycles. The quantitative estimate of drug-likeness (QED) is 0.606. The molecule has 2 rings (SSSR count). The molecule has 96 valence electrons. The number of hydrogen-bond donors (Lipinski definition) is 2. The van der Waals surface area contributed by atoms with E-state index in [1.54, 1.807) is 12.4 Å². The van der Waals surface area contributed by atoms with E-state index < -0.39 is 0 Å².